The summed E-state index contributed by atoms with van der Waals surface area (Å²) < 4.78 is 23.1. The normalized spacial score (nSPS) is 19.4. The largest absolute Gasteiger partial charge is 0.444 e. The molecule has 3 saturated heterocycles. The van der Waals surface area contributed by atoms with Crippen LogP contribution in [0.5, 0.6) is 0 Å². The molecule has 56 heavy (non-hydrogen) atoms. The molecule has 3 aromatic rings. The molecule has 0 saturated carbocycles. The lowest BCUT2D eigenvalue weighted by molar-refractivity contribution is 0.0204. The standard InChI is InChI=1S/C39H65N9O6Si2/c1-38(2,3)54-37(51)46-16-10-11-31(46)32-42-34-33(48(32)29-53-22-24-56(7,8)9)41-27-47(34)36(50)45-19-14-39(15-20-45)12-17-44(18-13-39)35(49)30-25-43(26-40-30)28-52-21-23-55(4,5)6/h25-27,31H,10-24,28-29H2,1-9H3. The number of nitrogens with zero attached hydrogens (tertiary/aromatic N) is 9. The van der Waals surface area contributed by atoms with Gasteiger partial charge in [-0.2, -0.15) is 0 Å². The highest BCUT2D eigenvalue weighted by atomic mass is 28.3. The van der Waals surface area contributed by atoms with Gasteiger partial charge >= 0.3 is 12.1 Å². The second-order valence-corrected chi connectivity index (χ2v) is 30.8. The maximum atomic E-state index is 14.1. The number of aromatic nitrogens is 6. The van der Waals surface area contributed by atoms with Gasteiger partial charge in [-0.1, -0.05) is 39.3 Å². The fourth-order valence-corrected chi connectivity index (χ4v) is 9.31. The number of fused-ring (bicyclic) bond motifs is 1. The number of carbonyl (C=O) groups excluding carboxylic acids is 3. The van der Waals surface area contributed by atoms with E-state index in [1.54, 1.807) is 28.3 Å². The minimum absolute atomic E-state index is 0.0375. The van der Waals surface area contributed by atoms with Crippen LogP contribution in [0.2, 0.25) is 51.4 Å². The molecule has 3 aliphatic heterocycles. The fraction of sp³-hybridized carbons (Fsp3) is 0.744. The Kier molecular flexibility index (Phi) is 12.6. The van der Waals surface area contributed by atoms with Gasteiger partial charge < -0.3 is 28.6 Å². The van der Waals surface area contributed by atoms with E-state index in [0.29, 0.717) is 68.9 Å². The third kappa shape index (κ3) is 10.3. The van der Waals surface area contributed by atoms with Gasteiger partial charge in [-0.3, -0.25) is 14.3 Å². The first-order valence-corrected chi connectivity index (χ1v) is 27.9. The number of imidazole rings is 3. The number of piperidine rings is 2. The molecule has 3 aliphatic rings. The predicted octanol–water partition coefficient (Wildman–Crippen LogP) is 7.11. The van der Waals surface area contributed by atoms with Gasteiger partial charge in [0.2, 0.25) is 0 Å². The van der Waals surface area contributed by atoms with Crippen molar-refractivity contribution in [1.82, 2.24) is 43.4 Å². The fourth-order valence-electron chi connectivity index (χ4n) is 7.79. The van der Waals surface area contributed by atoms with E-state index in [1.165, 1.54) is 0 Å². The lowest BCUT2D eigenvalue weighted by atomic mass is 9.71. The minimum atomic E-state index is -1.31. The summed E-state index contributed by atoms with van der Waals surface area (Å²) in [7, 11) is -2.47. The summed E-state index contributed by atoms with van der Waals surface area (Å²) in [5, 5.41) is 0. The van der Waals surface area contributed by atoms with Crippen molar-refractivity contribution in [2.24, 2.45) is 5.41 Å². The van der Waals surface area contributed by atoms with Crippen molar-refractivity contribution < 1.29 is 28.6 Å². The second-order valence-electron chi connectivity index (χ2n) is 19.5. The molecule has 0 N–H and O–H groups in total. The minimum Gasteiger partial charge on any atom is -0.444 e. The van der Waals surface area contributed by atoms with Crippen LogP contribution in [0.3, 0.4) is 0 Å². The lowest BCUT2D eigenvalue weighted by Crippen LogP contribution is -2.50. The Labute approximate surface area is 334 Å². The highest BCUT2D eigenvalue weighted by Crippen LogP contribution is 2.42. The first-order chi connectivity index (χ1) is 26.3. The van der Waals surface area contributed by atoms with Crippen molar-refractivity contribution in [1.29, 1.82) is 0 Å². The van der Waals surface area contributed by atoms with Crippen molar-refractivity contribution in [3.05, 3.63) is 30.4 Å². The molecule has 310 valence electrons. The summed E-state index contributed by atoms with van der Waals surface area (Å²) in [4.78, 5) is 60.5. The van der Waals surface area contributed by atoms with Crippen LogP contribution in [0.1, 0.15) is 81.7 Å². The number of hydrogen-bond acceptors (Lipinski definition) is 9. The van der Waals surface area contributed by atoms with E-state index in [0.717, 1.165) is 57.2 Å². The third-order valence-corrected chi connectivity index (χ3v) is 14.8. The van der Waals surface area contributed by atoms with Gasteiger partial charge in [0.15, 0.2) is 11.3 Å². The summed E-state index contributed by atoms with van der Waals surface area (Å²) in [6, 6.07) is 1.65. The van der Waals surface area contributed by atoms with Gasteiger partial charge in [-0.05, 0) is 76.8 Å². The zero-order valence-corrected chi connectivity index (χ0v) is 37.3. The molecule has 15 nitrogen and oxygen atoms in total. The lowest BCUT2D eigenvalue weighted by Gasteiger charge is -2.46. The van der Waals surface area contributed by atoms with Gasteiger partial charge in [-0.25, -0.2) is 29.1 Å². The predicted molar refractivity (Wildman–Crippen MR) is 220 cm³/mol. The van der Waals surface area contributed by atoms with Crippen molar-refractivity contribution in [3.63, 3.8) is 0 Å². The average molecular weight is 812 g/mol. The third-order valence-electron chi connectivity index (χ3n) is 11.4. The van der Waals surface area contributed by atoms with Gasteiger partial charge in [0.1, 0.15) is 36.9 Å². The Hall–Kier alpha value is -3.55. The van der Waals surface area contributed by atoms with Gasteiger partial charge in [-0.15, -0.1) is 0 Å². The van der Waals surface area contributed by atoms with Gasteiger partial charge in [0.25, 0.3) is 5.91 Å². The SMILES string of the molecule is CC(C)(C)OC(=O)N1CCCC1c1nc2c(ncn2C(=O)N2CCC3(CCN(C(=O)c4cn(COCC[Si](C)(C)C)cn4)CC3)CC2)n1COCC[Si](C)(C)C. The first kappa shape index (κ1) is 42.1. The summed E-state index contributed by atoms with van der Waals surface area (Å²) in [6.07, 6.45) is 9.77. The molecular formula is C39H65N9O6Si2. The quantitative estimate of drug-likeness (QED) is 0.138. The van der Waals surface area contributed by atoms with E-state index in [2.05, 4.69) is 44.3 Å². The Balaban J connectivity index is 1.08. The highest BCUT2D eigenvalue weighted by Gasteiger charge is 2.41. The van der Waals surface area contributed by atoms with Gasteiger partial charge in [0.05, 0.1) is 12.4 Å². The molecule has 0 aromatic carbocycles. The molecular weight excluding hydrogens is 747 g/mol. The maximum absolute atomic E-state index is 14.1. The van der Waals surface area contributed by atoms with Crippen LogP contribution in [0, 0.1) is 5.41 Å². The molecule has 3 aromatic heterocycles. The monoisotopic (exact) mass is 811 g/mol. The molecule has 3 amide bonds. The summed E-state index contributed by atoms with van der Waals surface area (Å²) in [6.45, 7) is 24.7. The Morgan fingerprint density at radius 2 is 1.41 bits per heavy atom. The molecule has 0 aliphatic carbocycles. The van der Waals surface area contributed by atoms with Crippen LogP contribution < -0.4 is 0 Å². The van der Waals surface area contributed by atoms with E-state index in [9.17, 15) is 14.4 Å². The number of amides is 3. The van der Waals surface area contributed by atoms with Crippen LogP contribution in [-0.2, 0) is 27.7 Å². The Bertz CT molecular complexity index is 1830. The topological polar surface area (TPSA) is 142 Å². The molecule has 0 bridgehead atoms. The van der Waals surface area contributed by atoms with Crippen molar-refractivity contribution in [2.45, 2.75) is 136 Å². The highest BCUT2D eigenvalue weighted by molar-refractivity contribution is 6.76. The van der Waals surface area contributed by atoms with E-state index in [1.807, 2.05) is 39.7 Å². The van der Waals surface area contributed by atoms with E-state index >= 15 is 0 Å². The van der Waals surface area contributed by atoms with Crippen LogP contribution in [0.25, 0.3) is 11.3 Å². The number of likely N-dealkylation sites (tertiary alicyclic amines) is 3. The summed E-state index contributed by atoms with van der Waals surface area (Å²) >= 11 is 0. The van der Waals surface area contributed by atoms with Crippen LogP contribution in [-0.4, -0.2) is 129 Å². The Morgan fingerprint density at radius 3 is 2.02 bits per heavy atom. The number of ether oxygens (including phenoxy) is 3. The molecule has 3 fully saturated rings. The molecule has 6 heterocycles. The van der Waals surface area contributed by atoms with Crippen molar-refractivity contribution in [3.8, 4) is 0 Å². The van der Waals surface area contributed by atoms with Crippen LogP contribution in [0.4, 0.5) is 9.59 Å². The van der Waals surface area contributed by atoms with Gasteiger partial charge in [0, 0.05) is 68.3 Å². The van der Waals surface area contributed by atoms with E-state index < -0.39 is 21.7 Å². The number of carbonyl (C=O) groups is 3. The smallest absolute Gasteiger partial charge is 0.410 e. The molecule has 1 atom stereocenters. The Morgan fingerprint density at radius 1 is 0.804 bits per heavy atom. The molecule has 1 unspecified atom stereocenters. The molecule has 17 heteroatoms. The summed E-state index contributed by atoms with van der Waals surface area (Å²) in [5.41, 5.74) is 0.974. The maximum Gasteiger partial charge on any atom is 0.410 e. The second kappa shape index (κ2) is 16.7. The van der Waals surface area contributed by atoms with Crippen LogP contribution in [0.15, 0.2) is 18.9 Å². The number of rotatable bonds is 12. The van der Waals surface area contributed by atoms with Crippen LogP contribution >= 0.6 is 0 Å². The van der Waals surface area contributed by atoms with Crippen molar-refractivity contribution >= 4 is 45.5 Å². The van der Waals surface area contributed by atoms with E-state index in [4.69, 9.17) is 24.2 Å². The molecule has 6 rings (SSSR count). The average Bonchev–Trinajstić information content (AvgIpc) is 3.92. The van der Waals surface area contributed by atoms with Crippen molar-refractivity contribution in [2.75, 3.05) is 45.9 Å². The first-order valence-electron chi connectivity index (χ1n) is 20.5. The molecule has 0 radical (unpaired) electrons. The molecule has 1 spiro atoms. The van der Waals surface area contributed by atoms with E-state index in [-0.39, 0.29) is 36.2 Å². The zero-order chi connectivity index (χ0) is 40.5. The summed E-state index contributed by atoms with van der Waals surface area (Å²) in [5.74, 6) is 0.627. The zero-order valence-electron chi connectivity index (χ0n) is 35.3. The number of hydrogen-bond donors (Lipinski definition) is 0.